The van der Waals surface area contributed by atoms with E-state index < -0.39 is 12.2 Å². The Hall–Kier alpha value is -1.81. The molecule has 2 rings (SSSR count). The molecule has 0 saturated heterocycles. The predicted octanol–water partition coefficient (Wildman–Crippen LogP) is 2.77. The summed E-state index contributed by atoms with van der Waals surface area (Å²) >= 11 is 0. The summed E-state index contributed by atoms with van der Waals surface area (Å²) in [5.41, 5.74) is 0.964. The molecule has 0 radical (unpaired) electrons. The number of ether oxygens (including phenoxy) is 1. The molecule has 4 nitrogen and oxygen atoms in total. The summed E-state index contributed by atoms with van der Waals surface area (Å²) in [7, 11) is 0. The summed E-state index contributed by atoms with van der Waals surface area (Å²) in [6, 6.07) is 9.52. The molecule has 20 heavy (non-hydrogen) atoms. The molecule has 0 aliphatic heterocycles. The van der Waals surface area contributed by atoms with Gasteiger partial charge in [-0.25, -0.2) is 4.79 Å². The number of rotatable bonds is 3. The second-order valence-corrected chi connectivity index (χ2v) is 5.05. The third-order valence-corrected chi connectivity index (χ3v) is 3.35. The topological polar surface area (TPSA) is 58.6 Å². The lowest BCUT2D eigenvalue weighted by Crippen LogP contribution is -2.34. The first-order chi connectivity index (χ1) is 9.74. The van der Waals surface area contributed by atoms with E-state index in [2.05, 4.69) is 5.32 Å². The zero-order valence-electron chi connectivity index (χ0n) is 11.5. The predicted molar refractivity (Wildman–Crippen MR) is 77.2 cm³/mol. The van der Waals surface area contributed by atoms with Crippen LogP contribution < -0.4 is 5.32 Å². The van der Waals surface area contributed by atoms with Gasteiger partial charge in [-0.15, -0.1) is 0 Å². The van der Waals surface area contributed by atoms with Gasteiger partial charge in [0.1, 0.15) is 6.61 Å². The van der Waals surface area contributed by atoms with E-state index in [0.29, 0.717) is 0 Å². The van der Waals surface area contributed by atoms with Crippen molar-refractivity contribution in [1.82, 2.24) is 5.32 Å². The fourth-order valence-corrected chi connectivity index (χ4v) is 2.21. The van der Waals surface area contributed by atoms with Crippen LogP contribution in [0.3, 0.4) is 0 Å². The van der Waals surface area contributed by atoms with Crippen LogP contribution in [0.25, 0.3) is 0 Å². The summed E-state index contributed by atoms with van der Waals surface area (Å²) in [6.45, 7) is 0.270. The van der Waals surface area contributed by atoms with E-state index >= 15 is 0 Å². The summed E-state index contributed by atoms with van der Waals surface area (Å²) in [5.74, 6) is 0. The minimum absolute atomic E-state index is 0.0618. The maximum absolute atomic E-state index is 11.7. The van der Waals surface area contributed by atoms with Crippen molar-refractivity contribution in [1.29, 1.82) is 0 Å². The first-order valence-electron chi connectivity index (χ1n) is 7.07. The highest BCUT2D eigenvalue weighted by Crippen LogP contribution is 2.12. The molecule has 0 aromatic heterocycles. The van der Waals surface area contributed by atoms with Gasteiger partial charge in [0, 0.05) is 0 Å². The number of carbonyl (C=O) groups excluding carboxylic acids is 1. The Morgan fingerprint density at radius 3 is 2.75 bits per heavy atom. The monoisotopic (exact) mass is 275 g/mol. The highest BCUT2D eigenvalue weighted by Gasteiger charge is 2.13. The Balaban J connectivity index is 1.78. The van der Waals surface area contributed by atoms with Crippen molar-refractivity contribution in [2.24, 2.45) is 0 Å². The van der Waals surface area contributed by atoms with Crippen LogP contribution in [0.15, 0.2) is 42.5 Å². The second-order valence-electron chi connectivity index (χ2n) is 5.05. The fourth-order valence-electron chi connectivity index (χ4n) is 2.21. The van der Waals surface area contributed by atoms with Crippen molar-refractivity contribution < 1.29 is 14.6 Å². The Bertz CT molecular complexity index is 444. The number of nitrogens with one attached hydrogen (secondary N) is 1. The summed E-state index contributed by atoms with van der Waals surface area (Å²) in [6.07, 6.45) is 6.42. The van der Waals surface area contributed by atoms with Crippen molar-refractivity contribution in [3.05, 3.63) is 48.0 Å². The van der Waals surface area contributed by atoms with Gasteiger partial charge >= 0.3 is 6.09 Å². The minimum Gasteiger partial charge on any atom is -0.445 e. The van der Waals surface area contributed by atoms with Gasteiger partial charge in [-0.3, -0.25) is 0 Å². The van der Waals surface area contributed by atoms with Crippen LogP contribution in [0.1, 0.15) is 31.2 Å². The number of hydrogen-bond acceptors (Lipinski definition) is 3. The lowest BCUT2D eigenvalue weighted by atomic mass is 10.0. The molecule has 108 valence electrons. The van der Waals surface area contributed by atoms with Gasteiger partial charge in [0.15, 0.2) is 0 Å². The lowest BCUT2D eigenvalue weighted by molar-refractivity contribution is 0.136. The maximum atomic E-state index is 11.7. The Morgan fingerprint density at radius 2 is 1.95 bits per heavy atom. The van der Waals surface area contributed by atoms with E-state index in [1.807, 2.05) is 36.4 Å². The number of hydrogen-bond donors (Lipinski definition) is 2. The van der Waals surface area contributed by atoms with Gasteiger partial charge in [0.25, 0.3) is 0 Å². The summed E-state index contributed by atoms with van der Waals surface area (Å²) < 4.78 is 5.18. The van der Waals surface area contributed by atoms with E-state index in [9.17, 15) is 9.90 Å². The van der Waals surface area contributed by atoms with E-state index in [4.69, 9.17) is 4.74 Å². The number of aliphatic hydroxyl groups is 1. The first kappa shape index (κ1) is 14.6. The molecule has 1 aromatic rings. The second kappa shape index (κ2) is 7.70. The molecule has 0 fully saturated rings. The number of amides is 1. The van der Waals surface area contributed by atoms with Crippen LogP contribution in [0.2, 0.25) is 0 Å². The number of benzene rings is 1. The van der Waals surface area contributed by atoms with Crippen LogP contribution in [-0.4, -0.2) is 23.3 Å². The molecule has 0 saturated carbocycles. The highest BCUT2D eigenvalue weighted by molar-refractivity contribution is 5.67. The normalized spacial score (nSPS) is 24.2. The average molecular weight is 275 g/mol. The van der Waals surface area contributed by atoms with Crippen molar-refractivity contribution in [2.45, 2.75) is 44.4 Å². The van der Waals surface area contributed by atoms with Crippen LogP contribution in [-0.2, 0) is 11.3 Å². The highest BCUT2D eigenvalue weighted by atomic mass is 16.5. The van der Waals surface area contributed by atoms with Crippen molar-refractivity contribution >= 4 is 6.09 Å². The molecule has 0 heterocycles. The molecule has 0 spiro atoms. The van der Waals surface area contributed by atoms with E-state index in [1.165, 1.54) is 0 Å². The fraction of sp³-hybridized carbons (Fsp3) is 0.438. The van der Waals surface area contributed by atoms with E-state index in [-0.39, 0.29) is 12.6 Å². The standard InChI is InChI=1S/C16H21NO3/c18-15-9-5-4-8-14(10-11-15)17-16(19)20-12-13-6-2-1-3-7-13/h1-3,6-7,10-11,14-15,18H,4-5,8-9,12H2,(H,17,19)/b11-10-/t14-,15+/m1/s1. The van der Waals surface area contributed by atoms with Gasteiger partial charge in [-0.2, -0.15) is 0 Å². The van der Waals surface area contributed by atoms with E-state index in [0.717, 1.165) is 31.2 Å². The molecule has 4 heteroatoms. The molecule has 0 bridgehead atoms. The Morgan fingerprint density at radius 1 is 1.20 bits per heavy atom. The smallest absolute Gasteiger partial charge is 0.407 e. The third kappa shape index (κ3) is 5.05. The maximum Gasteiger partial charge on any atom is 0.407 e. The summed E-state index contributed by atoms with van der Waals surface area (Å²) in [5, 5.41) is 12.4. The van der Waals surface area contributed by atoms with Crippen molar-refractivity contribution in [3.63, 3.8) is 0 Å². The zero-order chi connectivity index (χ0) is 14.2. The molecule has 2 N–H and O–H groups in total. The van der Waals surface area contributed by atoms with Crippen molar-refractivity contribution in [2.75, 3.05) is 0 Å². The Kier molecular flexibility index (Phi) is 5.62. The van der Waals surface area contributed by atoms with Gasteiger partial charge in [-0.05, 0) is 18.4 Å². The van der Waals surface area contributed by atoms with Crippen LogP contribution in [0.4, 0.5) is 4.79 Å². The zero-order valence-corrected chi connectivity index (χ0v) is 11.5. The number of aliphatic hydroxyl groups excluding tert-OH is 1. The molecule has 0 unspecified atom stereocenters. The molecule has 2 atom stereocenters. The largest absolute Gasteiger partial charge is 0.445 e. The van der Waals surface area contributed by atoms with Gasteiger partial charge < -0.3 is 15.2 Å². The molecule has 1 aliphatic carbocycles. The molecule has 1 aliphatic rings. The molecule has 1 amide bonds. The summed E-state index contributed by atoms with van der Waals surface area (Å²) in [4.78, 5) is 11.7. The number of carbonyl (C=O) groups is 1. The van der Waals surface area contributed by atoms with Gasteiger partial charge in [0.05, 0.1) is 12.1 Å². The Labute approximate surface area is 119 Å². The SMILES string of the molecule is O=C(N[C@H]1/C=C\[C@@H](O)CCCC1)OCc1ccccc1. The first-order valence-corrected chi connectivity index (χ1v) is 7.07. The number of alkyl carbamates (subject to hydrolysis) is 1. The van der Waals surface area contributed by atoms with Crippen LogP contribution in [0, 0.1) is 0 Å². The quantitative estimate of drug-likeness (QED) is 0.834. The van der Waals surface area contributed by atoms with Crippen LogP contribution in [0.5, 0.6) is 0 Å². The van der Waals surface area contributed by atoms with E-state index in [1.54, 1.807) is 6.08 Å². The van der Waals surface area contributed by atoms with Crippen LogP contribution >= 0.6 is 0 Å². The molecular formula is C16H21NO3. The molecular weight excluding hydrogens is 254 g/mol. The molecule has 1 aromatic carbocycles. The lowest BCUT2D eigenvalue weighted by Gasteiger charge is -2.18. The average Bonchev–Trinajstić information content (AvgIpc) is 2.45. The third-order valence-electron chi connectivity index (χ3n) is 3.35. The van der Waals surface area contributed by atoms with Crippen molar-refractivity contribution in [3.8, 4) is 0 Å². The van der Waals surface area contributed by atoms with Gasteiger partial charge in [-0.1, -0.05) is 55.3 Å². The minimum atomic E-state index is -0.418. The van der Waals surface area contributed by atoms with Gasteiger partial charge in [0.2, 0.25) is 0 Å².